The molecule has 0 atom stereocenters. The van der Waals surface area contributed by atoms with E-state index in [0.29, 0.717) is 32.8 Å². The summed E-state index contributed by atoms with van der Waals surface area (Å²) in [5.41, 5.74) is 2.01. The molecule has 9 heteroatoms. The molecule has 0 saturated carbocycles. The van der Waals surface area contributed by atoms with Gasteiger partial charge in [0.1, 0.15) is 5.82 Å². The zero-order valence-electron chi connectivity index (χ0n) is 16.1. The van der Waals surface area contributed by atoms with Gasteiger partial charge in [-0.2, -0.15) is 4.98 Å². The van der Waals surface area contributed by atoms with Gasteiger partial charge in [-0.05, 0) is 54.6 Å². The molecule has 4 aromatic rings. The molecular weight excluding hydrogens is 442 g/mol. The third kappa shape index (κ3) is 4.52. The molecule has 1 heterocycles. The third-order valence-corrected chi connectivity index (χ3v) is 5.12. The van der Waals surface area contributed by atoms with Crippen molar-refractivity contribution in [3.05, 3.63) is 88.2 Å². The maximum absolute atomic E-state index is 13.4. The fourth-order valence-corrected chi connectivity index (χ4v) is 3.23. The van der Waals surface area contributed by atoms with Gasteiger partial charge in [0.15, 0.2) is 5.82 Å². The van der Waals surface area contributed by atoms with Gasteiger partial charge < -0.3 is 10.1 Å². The zero-order chi connectivity index (χ0) is 22.0. The van der Waals surface area contributed by atoms with Gasteiger partial charge in [-0.25, -0.2) is 9.07 Å². The topological polar surface area (TPSA) is 69.0 Å². The summed E-state index contributed by atoms with van der Waals surface area (Å²) in [4.78, 5) is 16.9. The van der Waals surface area contributed by atoms with Crippen molar-refractivity contribution in [2.75, 3.05) is 12.4 Å². The lowest BCUT2D eigenvalue weighted by atomic mass is 10.2. The number of carbonyl (C=O) groups is 1. The summed E-state index contributed by atoms with van der Waals surface area (Å²) in [6, 6.07) is 17.7. The van der Waals surface area contributed by atoms with Gasteiger partial charge in [0.05, 0.1) is 22.8 Å². The van der Waals surface area contributed by atoms with Crippen molar-refractivity contribution in [1.29, 1.82) is 0 Å². The molecule has 0 aliphatic carbocycles. The lowest BCUT2D eigenvalue weighted by Crippen LogP contribution is -2.12. The lowest BCUT2D eigenvalue weighted by Gasteiger charge is -2.10. The van der Waals surface area contributed by atoms with Crippen molar-refractivity contribution in [3.8, 4) is 23.1 Å². The Morgan fingerprint density at radius 2 is 1.84 bits per heavy atom. The molecule has 0 unspecified atom stereocenters. The van der Waals surface area contributed by atoms with E-state index < -0.39 is 11.7 Å². The van der Waals surface area contributed by atoms with E-state index in [4.69, 9.17) is 27.9 Å². The van der Waals surface area contributed by atoms with E-state index >= 15 is 0 Å². The number of hydrogen-bond acceptors (Lipinski definition) is 4. The summed E-state index contributed by atoms with van der Waals surface area (Å²) in [6.07, 6.45) is 0. The van der Waals surface area contributed by atoms with Crippen LogP contribution >= 0.6 is 23.2 Å². The van der Waals surface area contributed by atoms with Gasteiger partial charge in [0.2, 0.25) is 0 Å². The van der Waals surface area contributed by atoms with Crippen LogP contribution in [-0.4, -0.2) is 27.8 Å². The van der Waals surface area contributed by atoms with Crippen LogP contribution in [0.3, 0.4) is 0 Å². The number of halogens is 3. The summed E-state index contributed by atoms with van der Waals surface area (Å²) in [5, 5.41) is 7.92. The first-order chi connectivity index (χ1) is 14.9. The molecule has 0 aliphatic heterocycles. The zero-order valence-corrected chi connectivity index (χ0v) is 17.7. The minimum absolute atomic E-state index is 0.162. The molecule has 0 bridgehead atoms. The van der Waals surface area contributed by atoms with E-state index in [-0.39, 0.29) is 11.6 Å². The monoisotopic (exact) mass is 456 g/mol. The molecule has 0 spiro atoms. The SMILES string of the molecule is COc1nc(-c2ccc(Cl)c(Cl)c2)n(-c2cccc(NC(=O)c3cccc(F)c3)c2)n1. The number of nitrogens with zero attached hydrogens (tertiary/aromatic N) is 3. The minimum atomic E-state index is -0.484. The average Bonchev–Trinajstić information content (AvgIpc) is 3.20. The van der Waals surface area contributed by atoms with Crippen molar-refractivity contribution >= 4 is 34.8 Å². The number of hydrogen-bond donors (Lipinski definition) is 1. The van der Waals surface area contributed by atoms with Crippen LogP contribution in [0.25, 0.3) is 17.1 Å². The molecule has 31 heavy (non-hydrogen) atoms. The van der Waals surface area contributed by atoms with Crippen molar-refractivity contribution in [2.24, 2.45) is 0 Å². The number of ether oxygens (including phenoxy) is 1. The first-order valence-electron chi connectivity index (χ1n) is 9.08. The number of rotatable bonds is 5. The van der Waals surface area contributed by atoms with Gasteiger partial charge in [-0.1, -0.05) is 35.3 Å². The molecule has 0 aliphatic rings. The highest BCUT2D eigenvalue weighted by Crippen LogP contribution is 2.30. The summed E-state index contributed by atoms with van der Waals surface area (Å²) < 4.78 is 20.2. The van der Waals surface area contributed by atoms with E-state index in [1.165, 1.54) is 31.4 Å². The molecule has 1 aromatic heterocycles. The van der Waals surface area contributed by atoms with E-state index in [2.05, 4.69) is 15.4 Å². The average molecular weight is 457 g/mol. The second-order valence-electron chi connectivity index (χ2n) is 6.48. The van der Waals surface area contributed by atoms with Crippen LogP contribution in [0.4, 0.5) is 10.1 Å². The Bertz CT molecular complexity index is 1280. The summed E-state index contributed by atoms with van der Waals surface area (Å²) in [6.45, 7) is 0. The fraction of sp³-hybridized carbons (Fsp3) is 0.0455. The maximum Gasteiger partial charge on any atom is 0.336 e. The molecule has 156 valence electrons. The third-order valence-electron chi connectivity index (χ3n) is 4.38. The van der Waals surface area contributed by atoms with Crippen LogP contribution < -0.4 is 10.1 Å². The molecule has 3 aromatic carbocycles. The van der Waals surface area contributed by atoms with Crippen LogP contribution in [-0.2, 0) is 0 Å². The quantitative estimate of drug-likeness (QED) is 0.421. The van der Waals surface area contributed by atoms with E-state index in [1.54, 1.807) is 47.1 Å². The Morgan fingerprint density at radius 1 is 1.03 bits per heavy atom. The van der Waals surface area contributed by atoms with Gasteiger partial charge in [0.25, 0.3) is 5.91 Å². The molecule has 0 radical (unpaired) electrons. The normalized spacial score (nSPS) is 10.7. The molecule has 6 nitrogen and oxygen atoms in total. The van der Waals surface area contributed by atoms with Crippen LogP contribution in [0.1, 0.15) is 10.4 Å². The second-order valence-corrected chi connectivity index (χ2v) is 7.29. The number of methoxy groups -OCH3 is 1. The summed E-state index contributed by atoms with van der Waals surface area (Å²) in [5.74, 6) is -0.441. The molecule has 4 rings (SSSR count). The first kappa shape index (κ1) is 20.8. The number of nitrogens with one attached hydrogen (secondary N) is 1. The highest BCUT2D eigenvalue weighted by atomic mass is 35.5. The largest absolute Gasteiger partial charge is 0.466 e. The predicted octanol–water partition coefficient (Wildman–Crippen LogP) is 5.64. The highest BCUT2D eigenvalue weighted by Gasteiger charge is 2.16. The number of carbonyl (C=O) groups excluding carboxylic acids is 1. The highest BCUT2D eigenvalue weighted by molar-refractivity contribution is 6.42. The van der Waals surface area contributed by atoms with E-state index in [1.807, 2.05) is 0 Å². The van der Waals surface area contributed by atoms with Gasteiger partial charge in [-0.15, -0.1) is 5.10 Å². The molecular formula is C22H15Cl2FN4O2. The first-order valence-corrected chi connectivity index (χ1v) is 9.84. The Balaban J connectivity index is 1.70. The van der Waals surface area contributed by atoms with Crippen LogP contribution in [0.2, 0.25) is 10.0 Å². The molecule has 0 saturated heterocycles. The molecule has 0 fully saturated rings. The second kappa shape index (κ2) is 8.75. The van der Waals surface area contributed by atoms with Crippen LogP contribution in [0.5, 0.6) is 6.01 Å². The Labute approximate surface area is 187 Å². The summed E-state index contributed by atoms with van der Waals surface area (Å²) in [7, 11) is 1.47. The number of aromatic nitrogens is 3. The van der Waals surface area contributed by atoms with Crippen molar-refractivity contribution in [1.82, 2.24) is 14.8 Å². The summed E-state index contributed by atoms with van der Waals surface area (Å²) >= 11 is 12.2. The molecule has 1 N–H and O–H groups in total. The van der Waals surface area contributed by atoms with Crippen molar-refractivity contribution < 1.29 is 13.9 Å². The van der Waals surface area contributed by atoms with E-state index in [9.17, 15) is 9.18 Å². The number of amides is 1. The predicted molar refractivity (Wildman–Crippen MR) is 118 cm³/mol. The Hall–Kier alpha value is -3.42. The maximum atomic E-state index is 13.4. The van der Waals surface area contributed by atoms with Crippen molar-refractivity contribution in [3.63, 3.8) is 0 Å². The Morgan fingerprint density at radius 3 is 2.58 bits per heavy atom. The van der Waals surface area contributed by atoms with E-state index in [0.717, 1.165) is 0 Å². The fourth-order valence-electron chi connectivity index (χ4n) is 2.93. The van der Waals surface area contributed by atoms with Crippen LogP contribution in [0.15, 0.2) is 66.7 Å². The minimum Gasteiger partial charge on any atom is -0.466 e. The standard InChI is InChI=1S/C22H15Cl2FN4O2/c1-31-22-27-20(13-8-9-18(23)19(24)11-13)29(28-22)17-7-3-6-16(12-17)26-21(30)14-4-2-5-15(25)10-14/h2-12H,1H3,(H,26,30). The lowest BCUT2D eigenvalue weighted by molar-refractivity contribution is 0.102. The van der Waals surface area contributed by atoms with Crippen LogP contribution in [0, 0.1) is 5.82 Å². The van der Waals surface area contributed by atoms with Gasteiger partial charge in [0, 0.05) is 16.8 Å². The molecule has 1 amide bonds. The number of anilines is 1. The van der Waals surface area contributed by atoms with Gasteiger partial charge in [-0.3, -0.25) is 4.79 Å². The van der Waals surface area contributed by atoms with Crippen molar-refractivity contribution in [2.45, 2.75) is 0 Å². The number of benzene rings is 3. The smallest absolute Gasteiger partial charge is 0.336 e. The Kier molecular flexibility index (Phi) is 5.88. The van der Waals surface area contributed by atoms with Gasteiger partial charge >= 0.3 is 6.01 Å².